The monoisotopic (exact) mass is 491 g/mol. The highest BCUT2D eigenvalue weighted by atomic mass is 127. The van der Waals surface area contributed by atoms with Crippen LogP contribution in [0.2, 0.25) is 0 Å². The molecule has 1 rings (SSSR count). The summed E-state index contributed by atoms with van der Waals surface area (Å²) < 4.78 is 1.39. The lowest BCUT2D eigenvalue weighted by Gasteiger charge is -2.29. The third kappa shape index (κ3) is 3.92. The minimum atomic E-state index is -1.07. The Morgan fingerprint density at radius 3 is 2.37 bits per heavy atom. The number of phenolic OH excluding ortho intramolecular Hbond substituents is 1. The van der Waals surface area contributed by atoms with E-state index in [-0.39, 0.29) is 24.5 Å². The Kier molecular flexibility index (Phi) is 6.27. The topological polar surface area (TPSA) is 89.8 Å². The molecule has 0 heterocycles. The lowest BCUT2D eigenvalue weighted by molar-refractivity contribution is 0.0650. The second-order valence-electron chi connectivity index (χ2n) is 4.19. The number of rotatable bonds is 5. The van der Waals surface area contributed by atoms with Gasteiger partial charge in [-0.2, -0.15) is 0 Å². The molecule has 0 spiro atoms. The summed E-state index contributed by atoms with van der Waals surface area (Å²) >= 11 is 3.99. The molecular weight excluding hydrogens is 476 g/mol. The zero-order valence-corrected chi connectivity index (χ0v) is 14.6. The van der Waals surface area contributed by atoms with Crippen LogP contribution in [-0.2, 0) is 0 Å². The molecule has 19 heavy (non-hydrogen) atoms. The molecule has 0 saturated heterocycles. The van der Waals surface area contributed by atoms with Crippen molar-refractivity contribution in [2.75, 3.05) is 13.2 Å². The first-order chi connectivity index (χ1) is 8.89. The molecule has 0 aliphatic rings. The van der Waals surface area contributed by atoms with Crippen LogP contribution in [0.3, 0.4) is 0 Å². The fourth-order valence-electron chi connectivity index (χ4n) is 1.49. The molecule has 7 heteroatoms. The van der Waals surface area contributed by atoms with E-state index in [1.54, 1.807) is 19.1 Å². The third-order valence-electron chi connectivity index (χ3n) is 2.93. The molecule has 1 amide bonds. The first-order valence-electron chi connectivity index (χ1n) is 5.61. The maximum atomic E-state index is 12.2. The average molecular weight is 491 g/mol. The Morgan fingerprint density at radius 2 is 1.89 bits per heavy atom. The normalized spacial score (nSPS) is 11.4. The maximum absolute atomic E-state index is 12.2. The highest BCUT2D eigenvalue weighted by Gasteiger charge is 2.30. The van der Waals surface area contributed by atoms with Gasteiger partial charge < -0.3 is 20.6 Å². The number of benzene rings is 1. The van der Waals surface area contributed by atoms with E-state index in [2.05, 4.69) is 27.9 Å². The van der Waals surface area contributed by atoms with E-state index in [9.17, 15) is 20.1 Å². The van der Waals surface area contributed by atoms with Crippen molar-refractivity contribution in [3.8, 4) is 5.75 Å². The number of hydrogen-bond acceptors (Lipinski definition) is 4. The zero-order chi connectivity index (χ0) is 14.6. The highest BCUT2D eigenvalue weighted by Crippen LogP contribution is 2.27. The number of nitrogens with one attached hydrogen (secondary N) is 1. The van der Waals surface area contributed by atoms with Gasteiger partial charge in [-0.1, -0.05) is 6.92 Å². The Hall–Kier alpha value is -0.130. The summed E-state index contributed by atoms with van der Waals surface area (Å²) in [7, 11) is 0. The van der Waals surface area contributed by atoms with Gasteiger partial charge in [-0.15, -0.1) is 0 Å². The quantitative estimate of drug-likeness (QED) is 0.470. The Bertz CT molecular complexity index is 467. The molecule has 0 atom stereocenters. The molecule has 4 N–H and O–H groups in total. The van der Waals surface area contributed by atoms with Crippen LogP contribution < -0.4 is 5.32 Å². The third-order valence-corrected chi connectivity index (χ3v) is 4.38. The van der Waals surface area contributed by atoms with Gasteiger partial charge >= 0.3 is 0 Å². The van der Waals surface area contributed by atoms with Gasteiger partial charge in [-0.05, 0) is 63.7 Å². The summed E-state index contributed by atoms with van der Waals surface area (Å²) in [6, 6.07) is 3.31. The molecule has 5 nitrogen and oxygen atoms in total. The summed E-state index contributed by atoms with van der Waals surface area (Å²) in [6.45, 7) is 1.02. The first kappa shape index (κ1) is 16.9. The van der Waals surface area contributed by atoms with E-state index in [4.69, 9.17) is 0 Å². The van der Waals surface area contributed by atoms with Crippen LogP contribution >= 0.6 is 45.2 Å². The van der Waals surface area contributed by atoms with Crippen LogP contribution in [0.1, 0.15) is 23.7 Å². The van der Waals surface area contributed by atoms with Crippen LogP contribution in [0.15, 0.2) is 12.1 Å². The van der Waals surface area contributed by atoms with Gasteiger partial charge in [-0.25, -0.2) is 0 Å². The molecule has 0 bridgehead atoms. The summed E-state index contributed by atoms with van der Waals surface area (Å²) in [4.78, 5) is 12.2. The summed E-state index contributed by atoms with van der Waals surface area (Å²) in [6.07, 6.45) is 0.382. The number of aliphatic hydroxyl groups is 2. The molecule has 0 unspecified atom stereocenters. The maximum Gasteiger partial charge on any atom is 0.255 e. The average Bonchev–Trinajstić information content (AvgIpc) is 2.40. The number of amides is 1. The molecular formula is C12H15I2NO4. The van der Waals surface area contributed by atoms with E-state index in [1.807, 2.05) is 22.6 Å². The second kappa shape index (κ2) is 7.04. The van der Waals surface area contributed by atoms with Gasteiger partial charge in [0.25, 0.3) is 5.91 Å². The van der Waals surface area contributed by atoms with Crippen LogP contribution in [0.25, 0.3) is 0 Å². The summed E-state index contributed by atoms with van der Waals surface area (Å²) in [5.41, 5.74) is -0.938. The standard InChI is InChI=1S/C12H15I2NO4/c1-2-12(5-16,6-17)15-11(19)8-3-7(13)4-9(14)10(8)18/h3-4,16-18H,2,5-6H2,1H3,(H,15,19). The number of carbonyl (C=O) groups is 1. The number of aliphatic hydroxyl groups excluding tert-OH is 2. The number of carbonyl (C=O) groups excluding carboxylic acids is 1. The Morgan fingerprint density at radius 1 is 1.32 bits per heavy atom. The molecule has 1 aromatic rings. The van der Waals surface area contributed by atoms with Crippen molar-refractivity contribution < 1.29 is 20.1 Å². The van der Waals surface area contributed by atoms with Gasteiger partial charge in [0.05, 0.1) is 27.9 Å². The molecule has 106 valence electrons. The molecule has 0 aromatic heterocycles. The van der Waals surface area contributed by atoms with Gasteiger partial charge in [0.15, 0.2) is 0 Å². The van der Waals surface area contributed by atoms with Crippen molar-refractivity contribution in [1.29, 1.82) is 0 Å². The molecule has 0 fully saturated rings. The predicted octanol–water partition coefficient (Wildman–Crippen LogP) is 1.46. The Labute approximate surface area is 138 Å². The fraction of sp³-hybridized carbons (Fsp3) is 0.417. The lowest BCUT2D eigenvalue weighted by atomic mass is 9.97. The molecule has 1 aromatic carbocycles. The number of halogens is 2. The van der Waals surface area contributed by atoms with Gasteiger partial charge in [0.1, 0.15) is 5.75 Å². The zero-order valence-electron chi connectivity index (χ0n) is 10.3. The van der Waals surface area contributed by atoms with Crippen molar-refractivity contribution in [3.05, 3.63) is 24.8 Å². The van der Waals surface area contributed by atoms with Crippen molar-refractivity contribution >= 4 is 51.1 Å². The van der Waals surface area contributed by atoms with Crippen LogP contribution in [-0.4, -0.2) is 40.0 Å². The second-order valence-corrected chi connectivity index (χ2v) is 6.60. The van der Waals surface area contributed by atoms with Gasteiger partial charge in [0.2, 0.25) is 0 Å². The number of hydrogen-bond donors (Lipinski definition) is 4. The molecule has 0 radical (unpaired) electrons. The van der Waals surface area contributed by atoms with Crippen molar-refractivity contribution in [3.63, 3.8) is 0 Å². The molecule has 0 saturated carbocycles. The summed E-state index contributed by atoms with van der Waals surface area (Å²) in [5, 5.41) is 31.1. The number of phenols is 1. The van der Waals surface area contributed by atoms with Crippen molar-refractivity contribution in [2.45, 2.75) is 18.9 Å². The SMILES string of the molecule is CCC(CO)(CO)NC(=O)c1cc(I)cc(I)c1O. The minimum absolute atomic E-state index is 0.0978. The smallest absolute Gasteiger partial charge is 0.255 e. The Balaban J connectivity index is 3.08. The largest absolute Gasteiger partial charge is 0.506 e. The highest BCUT2D eigenvalue weighted by molar-refractivity contribution is 14.1. The first-order valence-corrected chi connectivity index (χ1v) is 7.77. The lowest BCUT2D eigenvalue weighted by Crippen LogP contribution is -2.53. The van der Waals surface area contributed by atoms with Crippen LogP contribution in [0, 0.1) is 7.14 Å². The predicted molar refractivity (Wildman–Crippen MR) is 88.2 cm³/mol. The van der Waals surface area contributed by atoms with E-state index in [0.29, 0.717) is 9.99 Å². The summed E-state index contributed by atoms with van der Waals surface area (Å²) in [5.74, 6) is -0.613. The van der Waals surface area contributed by atoms with Crippen molar-refractivity contribution in [1.82, 2.24) is 5.32 Å². The van der Waals surface area contributed by atoms with Gasteiger partial charge in [0, 0.05) is 3.57 Å². The van der Waals surface area contributed by atoms with Gasteiger partial charge in [-0.3, -0.25) is 4.79 Å². The van der Waals surface area contributed by atoms with Crippen LogP contribution in [0.5, 0.6) is 5.75 Å². The van der Waals surface area contributed by atoms with E-state index < -0.39 is 11.4 Å². The minimum Gasteiger partial charge on any atom is -0.506 e. The fourth-order valence-corrected chi connectivity index (χ4v) is 3.33. The van der Waals surface area contributed by atoms with E-state index in [1.165, 1.54) is 0 Å². The number of aromatic hydroxyl groups is 1. The van der Waals surface area contributed by atoms with E-state index in [0.717, 1.165) is 3.57 Å². The van der Waals surface area contributed by atoms with E-state index >= 15 is 0 Å². The van der Waals surface area contributed by atoms with Crippen LogP contribution in [0.4, 0.5) is 0 Å². The molecule has 0 aliphatic carbocycles. The molecule has 0 aliphatic heterocycles. The van der Waals surface area contributed by atoms with Crippen molar-refractivity contribution in [2.24, 2.45) is 0 Å².